The predicted octanol–water partition coefficient (Wildman–Crippen LogP) is 12.0. The maximum absolute atomic E-state index is 13.2. The first-order chi connectivity index (χ1) is 21.8. The van der Waals surface area contributed by atoms with Gasteiger partial charge in [-0.3, -0.25) is 0 Å². The fourth-order valence-corrected chi connectivity index (χ4v) is 14.2. The van der Waals surface area contributed by atoms with Crippen LogP contribution in [0.3, 0.4) is 0 Å². The summed E-state index contributed by atoms with van der Waals surface area (Å²) in [7, 11) is 0. The average molecular weight is 971 g/mol. The number of benzene rings is 1. The van der Waals surface area contributed by atoms with Gasteiger partial charge < -0.3 is 14.2 Å². The van der Waals surface area contributed by atoms with E-state index in [1.807, 2.05) is 13.8 Å². The lowest BCUT2D eigenvalue weighted by Gasteiger charge is -2.58. The van der Waals surface area contributed by atoms with E-state index in [4.69, 9.17) is 14.2 Å². The van der Waals surface area contributed by atoms with Crippen LogP contribution in [0.25, 0.3) is 0 Å². The summed E-state index contributed by atoms with van der Waals surface area (Å²) in [5, 5.41) is 0. The highest BCUT2D eigenvalue weighted by molar-refractivity contribution is 14.1. The van der Waals surface area contributed by atoms with Crippen molar-refractivity contribution in [2.75, 3.05) is 0 Å². The van der Waals surface area contributed by atoms with Crippen molar-refractivity contribution in [3.8, 4) is 5.75 Å². The molecule has 258 valence electrons. The van der Waals surface area contributed by atoms with Crippen LogP contribution in [0, 0.1) is 57.0 Å². The maximum Gasteiger partial charge on any atom is 0.349 e. The first kappa shape index (κ1) is 37.6. The van der Waals surface area contributed by atoms with Gasteiger partial charge in [-0.1, -0.05) is 72.5 Å². The minimum atomic E-state index is -0.657. The minimum absolute atomic E-state index is 0.0918. The largest absolute Gasteiger partial charge is 0.477 e. The highest BCUT2D eigenvalue weighted by Crippen LogP contribution is 2.67. The molecule has 7 heteroatoms. The molecule has 1 aromatic rings. The Morgan fingerprint density at radius 3 is 2.35 bits per heavy atom. The fraction of sp³-hybridized carbons (Fsp3) is 0.769. The number of esters is 1. The van der Waals surface area contributed by atoms with Gasteiger partial charge >= 0.3 is 5.97 Å². The van der Waals surface area contributed by atoms with Gasteiger partial charge in [-0.15, -0.1) is 0 Å². The Balaban J connectivity index is 1.17. The van der Waals surface area contributed by atoms with Gasteiger partial charge in [0.1, 0.15) is 5.75 Å². The normalized spacial score (nSPS) is 34.2. The number of carbonyl (C=O) groups is 1. The summed E-state index contributed by atoms with van der Waals surface area (Å²) < 4.78 is 21.6. The van der Waals surface area contributed by atoms with E-state index >= 15 is 0 Å². The third kappa shape index (κ3) is 7.97. The number of ether oxygens (including phenoxy) is 3. The van der Waals surface area contributed by atoms with Crippen LogP contribution in [0.5, 0.6) is 5.75 Å². The van der Waals surface area contributed by atoms with Crippen molar-refractivity contribution in [3.05, 3.63) is 34.5 Å². The van der Waals surface area contributed by atoms with E-state index in [1.165, 1.54) is 57.8 Å². The number of halogens is 3. The molecule has 0 aliphatic heterocycles. The molecule has 0 heterocycles. The van der Waals surface area contributed by atoms with Gasteiger partial charge in [0.05, 0.1) is 13.2 Å². The summed E-state index contributed by atoms with van der Waals surface area (Å²) in [4.78, 5) is 13.2. The zero-order valence-corrected chi connectivity index (χ0v) is 35.7. The smallest absolute Gasteiger partial charge is 0.349 e. The first-order valence-electron chi connectivity index (χ1n) is 18.1. The number of allylic oxidation sites excluding steroid dienone is 1. The summed E-state index contributed by atoms with van der Waals surface area (Å²) in [5.74, 6) is 5.49. The molecule has 4 aliphatic rings. The van der Waals surface area contributed by atoms with Crippen LogP contribution in [-0.2, 0) is 14.3 Å². The standard InChI is InChI=1S/C39H57I3O4/c1-8-35(46-36-33(41)21-27(40)22-34(36)42)37(43)45-25(5)44-28-16-18-38(6)26(20-28)12-13-29-31-15-14-30(24(4)11-9-10-23(2)3)39(31,7)19-17-32(29)38/h12,21-25,28-32,35H,8-11,13-20H2,1-7H3/t24-,25?,28+,29?,30-,31?,32?,35?,38+,39-/m1/s1. The maximum atomic E-state index is 13.2. The molecule has 0 spiro atoms. The van der Waals surface area contributed by atoms with Crippen molar-refractivity contribution in [1.29, 1.82) is 0 Å². The van der Waals surface area contributed by atoms with Gasteiger partial charge in [-0.25, -0.2) is 4.79 Å². The summed E-state index contributed by atoms with van der Waals surface area (Å²) in [6.07, 6.45) is 16.3. The van der Waals surface area contributed by atoms with E-state index in [-0.39, 0.29) is 17.5 Å². The molecule has 5 rings (SSSR count). The van der Waals surface area contributed by atoms with E-state index in [0.717, 1.165) is 64.8 Å². The molecule has 4 nitrogen and oxygen atoms in total. The van der Waals surface area contributed by atoms with Crippen LogP contribution in [-0.4, -0.2) is 24.5 Å². The van der Waals surface area contributed by atoms with Gasteiger partial charge in [-0.05, 0) is 191 Å². The third-order valence-corrected chi connectivity index (χ3v) is 15.0. The van der Waals surface area contributed by atoms with E-state index in [9.17, 15) is 4.79 Å². The number of rotatable bonds is 12. The monoisotopic (exact) mass is 970 g/mol. The molecule has 0 bridgehead atoms. The molecule has 3 saturated carbocycles. The van der Waals surface area contributed by atoms with Gasteiger partial charge in [0, 0.05) is 3.57 Å². The molecular formula is C39H57I3O4. The second-order valence-corrected chi connectivity index (χ2v) is 19.6. The molecule has 0 radical (unpaired) electrons. The zero-order chi connectivity index (χ0) is 33.4. The van der Waals surface area contributed by atoms with Crippen molar-refractivity contribution in [1.82, 2.24) is 0 Å². The Labute approximate surface area is 320 Å². The Morgan fingerprint density at radius 1 is 0.957 bits per heavy atom. The van der Waals surface area contributed by atoms with Crippen molar-refractivity contribution in [2.24, 2.45) is 46.3 Å². The average Bonchev–Trinajstić information content (AvgIpc) is 3.34. The zero-order valence-electron chi connectivity index (χ0n) is 29.2. The highest BCUT2D eigenvalue weighted by atomic mass is 127. The van der Waals surface area contributed by atoms with E-state index in [2.05, 4.69) is 121 Å². The van der Waals surface area contributed by atoms with Crippen LogP contribution >= 0.6 is 67.8 Å². The second-order valence-electron chi connectivity index (χ2n) is 16.0. The van der Waals surface area contributed by atoms with E-state index < -0.39 is 12.4 Å². The molecule has 46 heavy (non-hydrogen) atoms. The second kappa shape index (κ2) is 15.7. The first-order valence-corrected chi connectivity index (χ1v) is 21.4. The van der Waals surface area contributed by atoms with Crippen LogP contribution in [0.4, 0.5) is 0 Å². The van der Waals surface area contributed by atoms with Gasteiger partial charge in [0.2, 0.25) is 6.29 Å². The van der Waals surface area contributed by atoms with Gasteiger partial charge in [0.25, 0.3) is 0 Å². The quantitative estimate of drug-likeness (QED) is 0.0906. The van der Waals surface area contributed by atoms with Crippen LogP contribution in [0.1, 0.15) is 126 Å². The number of hydrogen-bond donors (Lipinski definition) is 0. The lowest BCUT2D eigenvalue weighted by molar-refractivity contribution is -0.195. The molecular weight excluding hydrogens is 913 g/mol. The molecule has 10 atom stereocenters. The van der Waals surface area contributed by atoms with Gasteiger partial charge in [0.15, 0.2) is 6.10 Å². The molecule has 1 aromatic carbocycles. The molecule has 4 aliphatic carbocycles. The van der Waals surface area contributed by atoms with Crippen molar-refractivity contribution < 1.29 is 19.0 Å². The van der Waals surface area contributed by atoms with Crippen molar-refractivity contribution >= 4 is 73.7 Å². The summed E-state index contributed by atoms with van der Waals surface area (Å²) in [5.41, 5.74) is 2.42. The molecule has 0 N–H and O–H groups in total. The number of hydrogen-bond acceptors (Lipinski definition) is 4. The van der Waals surface area contributed by atoms with E-state index in [1.54, 1.807) is 5.57 Å². The third-order valence-electron chi connectivity index (χ3n) is 12.8. The molecule has 3 fully saturated rings. The van der Waals surface area contributed by atoms with Crippen molar-refractivity contribution in [3.63, 3.8) is 0 Å². The van der Waals surface area contributed by atoms with E-state index in [0.29, 0.717) is 11.8 Å². The molecule has 0 amide bonds. The van der Waals surface area contributed by atoms with Crippen LogP contribution in [0.15, 0.2) is 23.8 Å². The van der Waals surface area contributed by atoms with Crippen LogP contribution < -0.4 is 4.74 Å². The molecule has 5 unspecified atom stereocenters. The predicted molar refractivity (Wildman–Crippen MR) is 213 cm³/mol. The SMILES string of the molecule is CCC(Oc1c(I)cc(I)cc1I)C(=O)OC(C)O[C@H]1CC[C@@]2(C)C(=CCC3C2CC[C@@]2(C)C3CC[C@@H]2[C@H](C)CCCC(C)C)C1. The minimum Gasteiger partial charge on any atom is -0.477 e. The molecule has 0 aromatic heterocycles. The Hall–Kier alpha value is 0.380. The number of carbonyl (C=O) groups excluding carboxylic acids is 1. The Kier molecular flexibility index (Phi) is 12.9. The Morgan fingerprint density at radius 2 is 1.67 bits per heavy atom. The lowest BCUT2D eigenvalue weighted by atomic mass is 9.47. The highest BCUT2D eigenvalue weighted by Gasteiger charge is 2.59. The van der Waals surface area contributed by atoms with Gasteiger partial charge in [-0.2, -0.15) is 0 Å². The molecule has 0 saturated heterocycles. The van der Waals surface area contributed by atoms with Crippen molar-refractivity contribution in [2.45, 2.75) is 144 Å². The van der Waals surface area contributed by atoms with Crippen LogP contribution in [0.2, 0.25) is 0 Å². The number of fused-ring (bicyclic) bond motifs is 5. The topological polar surface area (TPSA) is 44.8 Å². The summed E-state index contributed by atoms with van der Waals surface area (Å²) >= 11 is 6.85. The Bertz CT molecular complexity index is 1240. The summed E-state index contributed by atoms with van der Waals surface area (Å²) in [6, 6.07) is 4.13. The lowest BCUT2D eigenvalue weighted by Crippen LogP contribution is -2.51. The summed E-state index contributed by atoms with van der Waals surface area (Å²) in [6.45, 7) is 16.4. The fourth-order valence-electron chi connectivity index (χ4n) is 10.4.